The molecule has 0 saturated heterocycles. The lowest BCUT2D eigenvalue weighted by Gasteiger charge is -2.17. The second kappa shape index (κ2) is 8.22. The Bertz CT molecular complexity index is 2130. The smallest absolute Gasteiger partial charge is 0.136 e. The molecule has 1 N–H and O–H groups in total. The van der Waals surface area contributed by atoms with Crippen LogP contribution >= 0.6 is 0 Å². The van der Waals surface area contributed by atoms with Crippen LogP contribution in [0.3, 0.4) is 0 Å². The number of rotatable bonds is 3. The summed E-state index contributed by atoms with van der Waals surface area (Å²) in [6.07, 6.45) is 0. The van der Waals surface area contributed by atoms with E-state index in [4.69, 9.17) is 4.42 Å². The summed E-state index contributed by atoms with van der Waals surface area (Å²) in [4.78, 5) is 3.78. The Morgan fingerprint density at radius 1 is 0.421 bits per heavy atom. The van der Waals surface area contributed by atoms with Crippen LogP contribution in [0.15, 0.2) is 138 Å². The maximum absolute atomic E-state index is 6.26. The molecule has 0 fully saturated rings. The van der Waals surface area contributed by atoms with E-state index in [1.54, 1.807) is 0 Å². The van der Waals surface area contributed by atoms with Gasteiger partial charge in [-0.3, -0.25) is 0 Å². The topological polar surface area (TPSA) is 28.9 Å². The van der Waals surface area contributed by atoms with E-state index in [2.05, 4.69) is 126 Å². The molecule has 38 heavy (non-hydrogen) atoms. The van der Waals surface area contributed by atoms with Gasteiger partial charge in [0.05, 0.1) is 5.52 Å². The van der Waals surface area contributed by atoms with Crippen molar-refractivity contribution >= 4 is 43.7 Å². The van der Waals surface area contributed by atoms with Crippen LogP contribution in [0.5, 0.6) is 0 Å². The van der Waals surface area contributed by atoms with Gasteiger partial charge in [-0.25, -0.2) is 0 Å². The SMILES string of the molecule is c1ccc(-c2ccc3c([nH]c4ccccc43)c2-c2ccccc2-c2cccc3oc4ccccc4c23)cc1. The van der Waals surface area contributed by atoms with Gasteiger partial charge >= 0.3 is 0 Å². The van der Waals surface area contributed by atoms with Gasteiger partial charge in [0.25, 0.3) is 0 Å². The second-order valence-corrected chi connectivity index (χ2v) is 9.77. The standard InChI is InChI=1S/C36H23NO/c1-2-11-23(12-3-1)24-21-22-29-26-14-6-8-18-31(26)37-36(29)35(24)28-15-5-4-13-25(28)27-17-10-20-33-34(27)30-16-7-9-19-32(30)38-33/h1-22,37H. The summed E-state index contributed by atoms with van der Waals surface area (Å²) >= 11 is 0. The van der Waals surface area contributed by atoms with E-state index in [1.807, 2.05) is 12.1 Å². The summed E-state index contributed by atoms with van der Waals surface area (Å²) in [6.45, 7) is 0. The molecule has 2 heterocycles. The number of fused-ring (bicyclic) bond motifs is 6. The molecule has 8 rings (SSSR count). The van der Waals surface area contributed by atoms with Crippen molar-refractivity contribution < 1.29 is 4.42 Å². The van der Waals surface area contributed by atoms with Gasteiger partial charge in [0.1, 0.15) is 11.2 Å². The molecule has 2 aromatic heterocycles. The molecule has 0 bridgehead atoms. The molecule has 0 atom stereocenters. The molecule has 2 nitrogen and oxygen atoms in total. The van der Waals surface area contributed by atoms with Crippen molar-refractivity contribution in [2.45, 2.75) is 0 Å². The van der Waals surface area contributed by atoms with Crippen LogP contribution in [0.1, 0.15) is 0 Å². The molecule has 0 radical (unpaired) electrons. The normalized spacial score (nSPS) is 11.7. The zero-order valence-electron chi connectivity index (χ0n) is 20.6. The minimum absolute atomic E-state index is 0.908. The van der Waals surface area contributed by atoms with Crippen molar-refractivity contribution in [1.82, 2.24) is 4.98 Å². The van der Waals surface area contributed by atoms with Gasteiger partial charge in [-0.05, 0) is 46.0 Å². The van der Waals surface area contributed by atoms with Crippen molar-refractivity contribution in [3.05, 3.63) is 133 Å². The summed E-state index contributed by atoms with van der Waals surface area (Å²) in [6, 6.07) is 47.2. The van der Waals surface area contributed by atoms with E-state index in [1.165, 1.54) is 44.2 Å². The molecule has 0 aliphatic carbocycles. The van der Waals surface area contributed by atoms with Crippen LogP contribution in [-0.2, 0) is 0 Å². The Morgan fingerprint density at radius 3 is 2.00 bits per heavy atom. The van der Waals surface area contributed by atoms with Gasteiger partial charge in [0.15, 0.2) is 0 Å². The monoisotopic (exact) mass is 485 g/mol. The highest BCUT2D eigenvalue weighted by molar-refractivity contribution is 6.18. The fraction of sp³-hybridized carbons (Fsp3) is 0. The number of hydrogen-bond acceptors (Lipinski definition) is 1. The van der Waals surface area contributed by atoms with Gasteiger partial charge in [0.2, 0.25) is 0 Å². The summed E-state index contributed by atoms with van der Waals surface area (Å²) in [5.74, 6) is 0. The summed E-state index contributed by atoms with van der Waals surface area (Å²) in [5, 5.41) is 4.77. The molecular weight excluding hydrogens is 462 g/mol. The van der Waals surface area contributed by atoms with Crippen LogP contribution in [0.4, 0.5) is 0 Å². The average molecular weight is 486 g/mol. The van der Waals surface area contributed by atoms with Gasteiger partial charge in [-0.2, -0.15) is 0 Å². The summed E-state index contributed by atoms with van der Waals surface area (Å²) in [5.41, 5.74) is 11.3. The zero-order chi connectivity index (χ0) is 25.1. The van der Waals surface area contributed by atoms with Crippen LogP contribution in [-0.4, -0.2) is 4.98 Å². The number of H-pyrrole nitrogens is 1. The van der Waals surface area contributed by atoms with Crippen LogP contribution in [0, 0.1) is 0 Å². The number of aromatic nitrogens is 1. The minimum atomic E-state index is 0.908. The Kier molecular flexibility index (Phi) is 4.55. The maximum atomic E-state index is 6.26. The average Bonchev–Trinajstić information content (AvgIpc) is 3.56. The van der Waals surface area contributed by atoms with Crippen LogP contribution < -0.4 is 0 Å². The van der Waals surface area contributed by atoms with E-state index in [9.17, 15) is 0 Å². The van der Waals surface area contributed by atoms with Gasteiger partial charge in [-0.1, -0.05) is 115 Å². The zero-order valence-corrected chi connectivity index (χ0v) is 20.6. The van der Waals surface area contributed by atoms with E-state index in [0.717, 1.165) is 33.0 Å². The van der Waals surface area contributed by atoms with Crippen molar-refractivity contribution in [3.63, 3.8) is 0 Å². The van der Waals surface area contributed by atoms with Crippen molar-refractivity contribution in [2.75, 3.05) is 0 Å². The highest BCUT2D eigenvalue weighted by Gasteiger charge is 2.20. The van der Waals surface area contributed by atoms with E-state index in [-0.39, 0.29) is 0 Å². The first-order valence-corrected chi connectivity index (χ1v) is 13.0. The summed E-state index contributed by atoms with van der Waals surface area (Å²) < 4.78 is 6.26. The Labute approximate surface area is 219 Å². The third kappa shape index (κ3) is 3.07. The predicted octanol–water partition coefficient (Wildman–Crippen LogP) is 10.2. The molecule has 0 saturated carbocycles. The molecule has 8 aromatic rings. The molecule has 6 aromatic carbocycles. The van der Waals surface area contributed by atoms with Crippen LogP contribution in [0.2, 0.25) is 0 Å². The van der Waals surface area contributed by atoms with Gasteiger partial charge < -0.3 is 9.40 Å². The lowest BCUT2D eigenvalue weighted by molar-refractivity contribution is 0.669. The maximum Gasteiger partial charge on any atom is 0.136 e. The van der Waals surface area contributed by atoms with E-state index >= 15 is 0 Å². The number of para-hydroxylation sites is 2. The van der Waals surface area contributed by atoms with E-state index in [0.29, 0.717) is 0 Å². The van der Waals surface area contributed by atoms with Gasteiger partial charge in [0, 0.05) is 32.6 Å². The number of hydrogen-bond donors (Lipinski definition) is 1. The molecule has 0 aliphatic rings. The molecule has 0 unspecified atom stereocenters. The highest BCUT2D eigenvalue weighted by atomic mass is 16.3. The quantitative estimate of drug-likeness (QED) is 0.265. The van der Waals surface area contributed by atoms with Crippen molar-refractivity contribution in [3.8, 4) is 33.4 Å². The van der Waals surface area contributed by atoms with Crippen LogP contribution in [0.25, 0.3) is 77.1 Å². The first kappa shape index (κ1) is 21.0. The Morgan fingerprint density at radius 2 is 1.11 bits per heavy atom. The fourth-order valence-corrected chi connectivity index (χ4v) is 5.99. The molecule has 178 valence electrons. The third-order valence-electron chi connectivity index (χ3n) is 7.66. The third-order valence-corrected chi connectivity index (χ3v) is 7.66. The van der Waals surface area contributed by atoms with Crippen molar-refractivity contribution in [2.24, 2.45) is 0 Å². The Balaban J connectivity index is 1.51. The predicted molar refractivity (Wildman–Crippen MR) is 159 cm³/mol. The Hall–Kier alpha value is -5.08. The minimum Gasteiger partial charge on any atom is -0.456 e. The highest BCUT2D eigenvalue weighted by Crippen LogP contribution is 2.46. The van der Waals surface area contributed by atoms with Crippen molar-refractivity contribution in [1.29, 1.82) is 0 Å². The molecular formula is C36H23NO. The first-order valence-electron chi connectivity index (χ1n) is 13.0. The number of nitrogens with one attached hydrogen (secondary N) is 1. The number of furan rings is 1. The molecule has 2 heteroatoms. The number of aromatic amines is 1. The summed E-state index contributed by atoms with van der Waals surface area (Å²) in [7, 11) is 0. The molecule has 0 spiro atoms. The lowest BCUT2D eigenvalue weighted by Crippen LogP contribution is -1.91. The number of benzene rings is 6. The molecule has 0 aliphatic heterocycles. The van der Waals surface area contributed by atoms with Gasteiger partial charge in [-0.15, -0.1) is 0 Å². The first-order chi connectivity index (χ1) is 18.9. The van der Waals surface area contributed by atoms with E-state index < -0.39 is 0 Å². The molecule has 0 amide bonds. The largest absolute Gasteiger partial charge is 0.456 e. The fourth-order valence-electron chi connectivity index (χ4n) is 5.99. The second-order valence-electron chi connectivity index (χ2n) is 9.77. The lowest BCUT2D eigenvalue weighted by atomic mass is 9.87.